The third-order valence-corrected chi connectivity index (χ3v) is 4.71. The second kappa shape index (κ2) is 10.1. The molecular formula is C21H23N3O7. The predicted octanol–water partition coefficient (Wildman–Crippen LogP) is 1.06. The quantitative estimate of drug-likeness (QED) is 0.594. The first kappa shape index (κ1) is 22.3. The molecule has 10 nitrogen and oxygen atoms in total. The molecule has 1 amide bonds. The number of Topliss-reactive ketones (excluding diaryl/α,β-unsaturated/α-hetero) is 1. The highest BCUT2D eigenvalue weighted by Gasteiger charge is 2.36. The smallest absolute Gasteiger partial charge is 0.351 e. The summed E-state index contributed by atoms with van der Waals surface area (Å²) in [5, 5.41) is 12.7. The largest absolute Gasteiger partial charge is 0.463 e. The molecule has 0 radical (unpaired) electrons. The summed E-state index contributed by atoms with van der Waals surface area (Å²) < 4.78 is 11.9. The van der Waals surface area contributed by atoms with Gasteiger partial charge in [-0.1, -0.05) is 18.2 Å². The normalized spacial score (nSPS) is 20.3. The number of amides is 1. The van der Waals surface area contributed by atoms with Crippen molar-refractivity contribution in [2.45, 2.75) is 44.6 Å². The molecule has 1 fully saturated rings. The van der Waals surface area contributed by atoms with Gasteiger partial charge >= 0.3 is 11.7 Å². The number of nitrogens with one attached hydrogen (secondary N) is 1. The summed E-state index contributed by atoms with van der Waals surface area (Å²) in [4.78, 5) is 51.0. The Kier molecular flexibility index (Phi) is 7.27. The summed E-state index contributed by atoms with van der Waals surface area (Å²) in [6.07, 6.45) is -0.993. The standard InChI is InChI=1S/C21H23N3O7/c1-13(25)7-8-19(27)30-12-16-15(26)11-18(31-16)24-10-9-17(23-21(24)29)22-20(28)14-5-3-2-4-6-14/h2-6,9-10,15-16,18,26H,7-8,11-12H2,1H3,(H,22,23,28,29)/t15-,16+,18+/m1/s1. The summed E-state index contributed by atoms with van der Waals surface area (Å²) in [6.45, 7) is 1.19. The number of aliphatic hydroxyl groups is 1. The van der Waals surface area contributed by atoms with Crippen molar-refractivity contribution in [1.82, 2.24) is 9.55 Å². The highest BCUT2D eigenvalue weighted by Crippen LogP contribution is 2.28. The number of rotatable bonds is 8. The number of ketones is 1. The second-order valence-electron chi connectivity index (χ2n) is 7.14. The highest BCUT2D eigenvalue weighted by atomic mass is 16.6. The van der Waals surface area contributed by atoms with Crippen molar-refractivity contribution in [2.75, 3.05) is 11.9 Å². The van der Waals surface area contributed by atoms with Crippen molar-refractivity contribution in [1.29, 1.82) is 0 Å². The summed E-state index contributed by atoms with van der Waals surface area (Å²) >= 11 is 0. The van der Waals surface area contributed by atoms with E-state index in [1.807, 2.05) is 0 Å². The van der Waals surface area contributed by atoms with Crippen molar-refractivity contribution in [2.24, 2.45) is 0 Å². The van der Waals surface area contributed by atoms with Gasteiger partial charge in [-0.15, -0.1) is 0 Å². The Hall–Kier alpha value is -3.37. The molecule has 1 saturated heterocycles. The number of benzene rings is 1. The van der Waals surface area contributed by atoms with Gasteiger partial charge in [-0.2, -0.15) is 4.98 Å². The first-order valence-electron chi connectivity index (χ1n) is 9.77. The number of aromatic nitrogens is 2. The Balaban J connectivity index is 1.58. The van der Waals surface area contributed by atoms with E-state index in [0.717, 1.165) is 0 Å². The third kappa shape index (κ3) is 6.06. The maximum Gasteiger partial charge on any atom is 0.351 e. The van der Waals surface area contributed by atoms with Crippen molar-refractivity contribution in [3.05, 3.63) is 58.6 Å². The average molecular weight is 429 g/mol. The molecule has 10 heteroatoms. The van der Waals surface area contributed by atoms with Gasteiger partial charge in [0, 0.05) is 24.6 Å². The minimum absolute atomic E-state index is 0.0406. The minimum Gasteiger partial charge on any atom is -0.463 e. The number of esters is 1. The highest BCUT2D eigenvalue weighted by molar-refractivity contribution is 6.03. The molecule has 1 aromatic carbocycles. The van der Waals surface area contributed by atoms with Gasteiger partial charge in [-0.25, -0.2) is 4.79 Å². The summed E-state index contributed by atoms with van der Waals surface area (Å²) in [7, 11) is 0. The minimum atomic E-state index is -0.949. The lowest BCUT2D eigenvalue weighted by atomic mass is 10.2. The molecule has 0 aliphatic carbocycles. The Morgan fingerprint density at radius 3 is 2.65 bits per heavy atom. The van der Waals surface area contributed by atoms with Crippen molar-refractivity contribution in [3.8, 4) is 0 Å². The van der Waals surface area contributed by atoms with Crippen LogP contribution in [-0.4, -0.2) is 51.1 Å². The second-order valence-corrected chi connectivity index (χ2v) is 7.14. The third-order valence-electron chi connectivity index (χ3n) is 4.71. The molecule has 3 atom stereocenters. The van der Waals surface area contributed by atoms with Crippen LogP contribution in [0.4, 0.5) is 5.82 Å². The van der Waals surface area contributed by atoms with Crippen LogP contribution in [0.1, 0.15) is 42.8 Å². The van der Waals surface area contributed by atoms with E-state index in [1.54, 1.807) is 30.3 Å². The molecule has 1 aliphatic rings. The van der Waals surface area contributed by atoms with Crippen molar-refractivity contribution >= 4 is 23.5 Å². The maximum atomic E-state index is 12.4. The molecule has 0 bridgehead atoms. The van der Waals surface area contributed by atoms with E-state index in [1.165, 1.54) is 23.8 Å². The summed E-state index contributed by atoms with van der Waals surface area (Å²) in [6, 6.07) is 9.95. The van der Waals surface area contributed by atoms with Gasteiger partial charge in [0.2, 0.25) is 0 Å². The van der Waals surface area contributed by atoms with Crippen LogP contribution in [0.3, 0.4) is 0 Å². The van der Waals surface area contributed by atoms with Crippen molar-refractivity contribution < 1.29 is 29.0 Å². The number of carbonyl (C=O) groups is 3. The van der Waals surface area contributed by atoms with Crippen LogP contribution in [0.25, 0.3) is 0 Å². The number of nitrogens with zero attached hydrogens (tertiary/aromatic N) is 2. The van der Waals surface area contributed by atoms with Crippen LogP contribution in [0.2, 0.25) is 0 Å². The lowest BCUT2D eigenvalue weighted by Crippen LogP contribution is -2.29. The Morgan fingerprint density at radius 2 is 1.97 bits per heavy atom. The van der Waals surface area contributed by atoms with Gasteiger partial charge in [-0.3, -0.25) is 14.2 Å². The lowest BCUT2D eigenvalue weighted by molar-refractivity contribution is -0.151. The number of anilines is 1. The van der Waals surface area contributed by atoms with E-state index in [4.69, 9.17) is 9.47 Å². The molecule has 0 unspecified atom stereocenters. The number of carbonyl (C=O) groups excluding carboxylic acids is 3. The van der Waals surface area contributed by atoms with Gasteiger partial charge in [0.1, 0.15) is 30.5 Å². The number of ether oxygens (including phenoxy) is 2. The molecule has 2 heterocycles. The molecule has 31 heavy (non-hydrogen) atoms. The molecule has 2 N–H and O–H groups in total. The van der Waals surface area contributed by atoms with Gasteiger partial charge < -0.3 is 24.7 Å². The topological polar surface area (TPSA) is 137 Å². The molecule has 3 rings (SSSR count). The zero-order valence-corrected chi connectivity index (χ0v) is 16.9. The molecule has 164 valence electrons. The molecule has 0 saturated carbocycles. The fraction of sp³-hybridized carbons (Fsp3) is 0.381. The zero-order valence-electron chi connectivity index (χ0n) is 16.9. The fourth-order valence-electron chi connectivity index (χ4n) is 3.04. The van der Waals surface area contributed by atoms with E-state index in [2.05, 4.69) is 10.3 Å². The predicted molar refractivity (Wildman–Crippen MR) is 108 cm³/mol. The molecule has 1 aromatic heterocycles. The van der Waals surface area contributed by atoms with E-state index in [-0.39, 0.29) is 37.5 Å². The molecular weight excluding hydrogens is 406 g/mol. The SMILES string of the molecule is CC(=O)CCC(=O)OC[C@@H]1O[C@H](n2ccc(NC(=O)c3ccccc3)nc2=O)C[C@H]1O. The van der Waals surface area contributed by atoms with E-state index >= 15 is 0 Å². The van der Waals surface area contributed by atoms with Gasteiger partial charge in [0.15, 0.2) is 0 Å². The number of hydrogen-bond donors (Lipinski definition) is 2. The number of hydrogen-bond acceptors (Lipinski definition) is 8. The first-order chi connectivity index (χ1) is 14.8. The Morgan fingerprint density at radius 1 is 1.23 bits per heavy atom. The molecule has 2 aromatic rings. The van der Waals surface area contributed by atoms with Gasteiger partial charge in [0.25, 0.3) is 5.91 Å². The van der Waals surface area contributed by atoms with E-state index in [0.29, 0.717) is 5.56 Å². The fourth-order valence-corrected chi connectivity index (χ4v) is 3.04. The molecule has 0 spiro atoms. The van der Waals surface area contributed by atoms with Crippen LogP contribution >= 0.6 is 0 Å². The van der Waals surface area contributed by atoms with Gasteiger partial charge in [-0.05, 0) is 25.1 Å². The molecule has 1 aliphatic heterocycles. The Labute approximate surface area is 177 Å². The van der Waals surface area contributed by atoms with E-state index in [9.17, 15) is 24.3 Å². The average Bonchev–Trinajstić information content (AvgIpc) is 3.11. The van der Waals surface area contributed by atoms with Gasteiger partial charge in [0.05, 0.1) is 12.5 Å². The summed E-state index contributed by atoms with van der Waals surface area (Å²) in [5.41, 5.74) is -0.237. The van der Waals surface area contributed by atoms with Crippen LogP contribution in [-0.2, 0) is 19.1 Å². The van der Waals surface area contributed by atoms with Crippen LogP contribution in [0, 0.1) is 0 Å². The monoisotopic (exact) mass is 429 g/mol. The number of aliphatic hydroxyl groups excluding tert-OH is 1. The van der Waals surface area contributed by atoms with Crippen LogP contribution < -0.4 is 11.0 Å². The lowest BCUT2D eigenvalue weighted by Gasteiger charge is -2.16. The van der Waals surface area contributed by atoms with E-state index < -0.39 is 36.0 Å². The summed E-state index contributed by atoms with van der Waals surface area (Å²) in [5.74, 6) is -0.995. The maximum absolute atomic E-state index is 12.4. The Bertz CT molecular complexity index is 1010. The van der Waals surface area contributed by atoms with Crippen molar-refractivity contribution in [3.63, 3.8) is 0 Å². The van der Waals surface area contributed by atoms with Crippen LogP contribution in [0.15, 0.2) is 47.4 Å². The zero-order chi connectivity index (χ0) is 22.4. The first-order valence-corrected chi connectivity index (χ1v) is 9.77. The van der Waals surface area contributed by atoms with Crippen LogP contribution in [0.5, 0.6) is 0 Å².